The third-order valence-corrected chi connectivity index (χ3v) is 5.63. The van der Waals surface area contributed by atoms with Crippen LogP contribution in [0.15, 0.2) is 6.20 Å². The van der Waals surface area contributed by atoms with Crippen molar-refractivity contribution in [3.8, 4) is 0 Å². The van der Waals surface area contributed by atoms with E-state index in [0.717, 1.165) is 22.8 Å². The van der Waals surface area contributed by atoms with Crippen LogP contribution in [0.5, 0.6) is 0 Å². The second-order valence-corrected chi connectivity index (χ2v) is 6.94. The number of fused-ring (bicyclic) bond motifs is 2. The molecule has 1 heterocycles. The Kier molecular flexibility index (Phi) is 3.19. The van der Waals surface area contributed by atoms with Crippen molar-refractivity contribution in [3.63, 3.8) is 0 Å². The van der Waals surface area contributed by atoms with Crippen LogP contribution in [0.4, 0.5) is 0 Å². The zero-order chi connectivity index (χ0) is 11.8. The van der Waals surface area contributed by atoms with Crippen molar-refractivity contribution in [1.29, 1.82) is 0 Å². The van der Waals surface area contributed by atoms with E-state index < -0.39 is 0 Å². The van der Waals surface area contributed by atoms with Crippen LogP contribution in [0.25, 0.3) is 0 Å². The molecule has 0 aromatic carbocycles. The average Bonchev–Trinajstić information content (AvgIpc) is 3.01. The molecule has 3 rings (SSSR count). The van der Waals surface area contributed by atoms with Crippen molar-refractivity contribution in [2.75, 3.05) is 0 Å². The number of nitrogens with two attached hydrogens (primary N) is 1. The van der Waals surface area contributed by atoms with Gasteiger partial charge in [0.25, 0.3) is 0 Å². The Bertz CT molecular complexity index is 390. The number of hydrogen-bond donors (Lipinski definition) is 2. The Morgan fingerprint density at radius 1 is 1.53 bits per heavy atom. The van der Waals surface area contributed by atoms with Crippen molar-refractivity contribution in [1.82, 2.24) is 10.4 Å². The smallest absolute Gasteiger partial charge is 0.0897 e. The lowest BCUT2D eigenvalue weighted by Gasteiger charge is -2.25. The monoisotopic (exact) mass is 251 g/mol. The van der Waals surface area contributed by atoms with Gasteiger partial charge in [-0.3, -0.25) is 11.3 Å². The Morgan fingerprint density at radius 3 is 2.94 bits per heavy atom. The lowest BCUT2D eigenvalue weighted by atomic mass is 9.84. The van der Waals surface area contributed by atoms with Gasteiger partial charge >= 0.3 is 0 Å². The average molecular weight is 251 g/mol. The normalized spacial score (nSPS) is 33.2. The maximum atomic E-state index is 5.72. The fraction of sp³-hybridized carbons (Fsp3) is 0.769. The van der Waals surface area contributed by atoms with E-state index in [-0.39, 0.29) is 0 Å². The number of nitrogens with one attached hydrogen (secondary N) is 1. The molecule has 1 aromatic heterocycles. The molecule has 2 saturated carbocycles. The van der Waals surface area contributed by atoms with Crippen molar-refractivity contribution in [2.24, 2.45) is 23.6 Å². The fourth-order valence-corrected chi connectivity index (χ4v) is 4.63. The summed E-state index contributed by atoms with van der Waals surface area (Å²) in [5.41, 5.74) is 2.99. The number of nitrogens with zero attached hydrogens (tertiary/aromatic N) is 1. The molecule has 4 atom stereocenters. The van der Waals surface area contributed by atoms with Gasteiger partial charge in [0, 0.05) is 11.1 Å². The van der Waals surface area contributed by atoms with Crippen LogP contribution in [0.1, 0.15) is 48.0 Å². The minimum atomic E-state index is 0.311. The van der Waals surface area contributed by atoms with E-state index in [1.165, 1.54) is 37.0 Å². The molecule has 2 bridgehead atoms. The molecule has 4 heteroatoms. The molecule has 4 unspecified atom stereocenters. The van der Waals surface area contributed by atoms with Crippen LogP contribution in [-0.2, 0) is 0 Å². The molecule has 0 amide bonds. The van der Waals surface area contributed by atoms with Crippen LogP contribution in [0.3, 0.4) is 0 Å². The number of aryl methyl sites for hydroxylation is 1. The molecule has 2 aliphatic carbocycles. The predicted octanol–water partition coefficient (Wildman–Crippen LogP) is 2.78. The van der Waals surface area contributed by atoms with Gasteiger partial charge in [0.05, 0.1) is 11.0 Å². The van der Waals surface area contributed by atoms with Gasteiger partial charge in [-0.25, -0.2) is 4.98 Å². The van der Waals surface area contributed by atoms with Crippen molar-refractivity contribution in [3.05, 3.63) is 16.1 Å². The largest absolute Gasteiger partial charge is 0.271 e. The zero-order valence-electron chi connectivity index (χ0n) is 10.4. The minimum absolute atomic E-state index is 0.311. The van der Waals surface area contributed by atoms with E-state index in [1.807, 2.05) is 6.20 Å². The molecule has 2 fully saturated rings. The minimum Gasteiger partial charge on any atom is -0.271 e. The van der Waals surface area contributed by atoms with Crippen LogP contribution >= 0.6 is 11.3 Å². The van der Waals surface area contributed by atoms with Gasteiger partial charge in [-0.1, -0.05) is 6.42 Å². The molecule has 17 heavy (non-hydrogen) atoms. The molecule has 0 spiro atoms. The van der Waals surface area contributed by atoms with E-state index in [9.17, 15) is 0 Å². The highest BCUT2D eigenvalue weighted by Crippen LogP contribution is 2.51. The SMILES string of the molecule is Cc1ncc(C(CC2CC3CCC2C3)NN)s1. The summed E-state index contributed by atoms with van der Waals surface area (Å²) in [4.78, 5) is 5.63. The van der Waals surface area contributed by atoms with E-state index in [4.69, 9.17) is 5.84 Å². The third-order valence-electron chi connectivity index (χ3n) is 4.61. The fourth-order valence-electron chi connectivity index (χ4n) is 3.77. The van der Waals surface area contributed by atoms with Gasteiger partial charge in [-0.15, -0.1) is 11.3 Å². The summed E-state index contributed by atoms with van der Waals surface area (Å²) in [6.45, 7) is 2.05. The second-order valence-electron chi connectivity index (χ2n) is 5.67. The molecule has 94 valence electrons. The maximum Gasteiger partial charge on any atom is 0.0897 e. The van der Waals surface area contributed by atoms with E-state index >= 15 is 0 Å². The van der Waals surface area contributed by atoms with Gasteiger partial charge < -0.3 is 0 Å². The Labute approximate surface area is 107 Å². The summed E-state index contributed by atoms with van der Waals surface area (Å²) >= 11 is 1.77. The molecule has 1 aromatic rings. The Balaban J connectivity index is 1.66. The first-order chi connectivity index (χ1) is 8.26. The summed E-state index contributed by atoms with van der Waals surface area (Å²) in [5, 5.41) is 1.13. The molecule has 2 aliphatic rings. The van der Waals surface area contributed by atoms with Crippen molar-refractivity contribution < 1.29 is 0 Å². The lowest BCUT2D eigenvalue weighted by molar-refractivity contribution is 0.281. The van der Waals surface area contributed by atoms with Crippen molar-refractivity contribution >= 4 is 11.3 Å². The van der Waals surface area contributed by atoms with E-state index in [2.05, 4.69) is 17.3 Å². The number of aromatic nitrogens is 1. The molecule has 0 radical (unpaired) electrons. The van der Waals surface area contributed by atoms with Gasteiger partial charge in [0.2, 0.25) is 0 Å². The van der Waals surface area contributed by atoms with Crippen molar-refractivity contribution in [2.45, 2.75) is 45.1 Å². The predicted molar refractivity (Wildman–Crippen MR) is 70.5 cm³/mol. The lowest BCUT2D eigenvalue weighted by Crippen LogP contribution is -2.30. The first-order valence-corrected chi connectivity index (χ1v) is 7.46. The van der Waals surface area contributed by atoms with Gasteiger partial charge in [0.1, 0.15) is 0 Å². The van der Waals surface area contributed by atoms with Crippen LogP contribution < -0.4 is 11.3 Å². The standard InChI is InChI=1S/C13H21N3S/c1-8-15-7-13(17-8)12(16-14)6-11-5-9-2-3-10(11)4-9/h7,9-12,16H,2-6,14H2,1H3. The highest BCUT2D eigenvalue weighted by molar-refractivity contribution is 7.11. The summed E-state index contributed by atoms with van der Waals surface area (Å²) in [6, 6.07) is 0.311. The van der Waals surface area contributed by atoms with Gasteiger partial charge in [0.15, 0.2) is 0 Å². The first kappa shape index (κ1) is 11.6. The van der Waals surface area contributed by atoms with Gasteiger partial charge in [-0.05, 0) is 50.4 Å². The quantitative estimate of drug-likeness (QED) is 0.639. The summed E-state index contributed by atoms with van der Waals surface area (Å²) in [7, 11) is 0. The first-order valence-electron chi connectivity index (χ1n) is 6.64. The van der Waals surface area contributed by atoms with Crippen LogP contribution in [0.2, 0.25) is 0 Å². The highest BCUT2D eigenvalue weighted by Gasteiger charge is 2.40. The Morgan fingerprint density at radius 2 is 2.41 bits per heavy atom. The van der Waals surface area contributed by atoms with E-state index in [1.54, 1.807) is 11.3 Å². The molecule has 0 saturated heterocycles. The molecule has 0 aliphatic heterocycles. The number of hydrazine groups is 1. The number of hydrogen-bond acceptors (Lipinski definition) is 4. The molecule has 3 nitrogen and oxygen atoms in total. The maximum absolute atomic E-state index is 5.72. The zero-order valence-corrected chi connectivity index (χ0v) is 11.2. The Hall–Kier alpha value is -0.450. The molecule has 3 N–H and O–H groups in total. The number of thiazole rings is 1. The topological polar surface area (TPSA) is 50.9 Å². The summed E-state index contributed by atoms with van der Waals surface area (Å²) in [6.07, 6.45) is 9.01. The van der Waals surface area contributed by atoms with Crippen LogP contribution in [-0.4, -0.2) is 4.98 Å². The molecular formula is C13H21N3S. The van der Waals surface area contributed by atoms with Crippen LogP contribution in [0, 0.1) is 24.7 Å². The van der Waals surface area contributed by atoms with Gasteiger partial charge in [-0.2, -0.15) is 0 Å². The van der Waals surface area contributed by atoms with E-state index in [0.29, 0.717) is 6.04 Å². The second kappa shape index (κ2) is 4.67. The third kappa shape index (κ3) is 2.26. The summed E-state index contributed by atoms with van der Waals surface area (Å²) in [5.74, 6) is 8.60. The molecular weight excluding hydrogens is 230 g/mol. The highest BCUT2D eigenvalue weighted by atomic mass is 32.1. The number of rotatable bonds is 4. The summed E-state index contributed by atoms with van der Waals surface area (Å²) < 4.78 is 0.